The predicted octanol–water partition coefficient (Wildman–Crippen LogP) is 2.48. The SMILES string of the molecule is COC(=O)C(C)(C)CNc1ccc2nc(C)[nH]c2c1. The number of aromatic nitrogens is 2. The van der Waals surface area contributed by atoms with E-state index in [1.807, 2.05) is 39.0 Å². The molecule has 0 fully saturated rings. The van der Waals surface area contributed by atoms with Crippen LogP contribution in [0.2, 0.25) is 0 Å². The Hall–Kier alpha value is -2.04. The zero-order valence-corrected chi connectivity index (χ0v) is 11.7. The number of hydrogen-bond acceptors (Lipinski definition) is 4. The van der Waals surface area contributed by atoms with E-state index in [2.05, 4.69) is 15.3 Å². The number of aromatic amines is 1. The molecule has 1 heterocycles. The molecule has 2 rings (SSSR count). The second-order valence-electron chi connectivity index (χ2n) is 5.28. The van der Waals surface area contributed by atoms with E-state index in [0.29, 0.717) is 6.54 Å². The van der Waals surface area contributed by atoms with Crippen molar-refractivity contribution < 1.29 is 9.53 Å². The molecule has 0 radical (unpaired) electrons. The van der Waals surface area contributed by atoms with Crippen LogP contribution in [0, 0.1) is 12.3 Å². The lowest BCUT2D eigenvalue weighted by atomic mass is 9.93. The minimum atomic E-state index is -0.562. The summed E-state index contributed by atoms with van der Waals surface area (Å²) in [7, 11) is 1.41. The van der Waals surface area contributed by atoms with Gasteiger partial charge < -0.3 is 15.0 Å². The van der Waals surface area contributed by atoms with Crippen LogP contribution in [0.25, 0.3) is 11.0 Å². The normalized spacial score (nSPS) is 11.6. The van der Waals surface area contributed by atoms with E-state index in [-0.39, 0.29) is 5.97 Å². The van der Waals surface area contributed by atoms with Gasteiger partial charge >= 0.3 is 5.97 Å². The highest BCUT2D eigenvalue weighted by Gasteiger charge is 2.28. The zero-order chi connectivity index (χ0) is 14.0. The highest BCUT2D eigenvalue weighted by atomic mass is 16.5. The Morgan fingerprint density at radius 3 is 2.89 bits per heavy atom. The van der Waals surface area contributed by atoms with Crippen molar-refractivity contribution in [2.75, 3.05) is 19.0 Å². The fourth-order valence-electron chi connectivity index (χ4n) is 1.92. The molecule has 0 spiro atoms. The number of nitrogens with zero attached hydrogens (tertiary/aromatic N) is 1. The van der Waals surface area contributed by atoms with Crippen molar-refractivity contribution in [3.8, 4) is 0 Å². The maximum atomic E-state index is 11.6. The summed E-state index contributed by atoms with van der Waals surface area (Å²) in [5.74, 6) is 0.667. The maximum Gasteiger partial charge on any atom is 0.313 e. The number of H-pyrrole nitrogens is 1. The highest BCUT2D eigenvalue weighted by Crippen LogP contribution is 2.21. The Balaban J connectivity index is 2.11. The summed E-state index contributed by atoms with van der Waals surface area (Å²) in [6.07, 6.45) is 0. The summed E-state index contributed by atoms with van der Waals surface area (Å²) in [4.78, 5) is 19.1. The minimum Gasteiger partial charge on any atom is -0.469 e. The number of imidazole rings is 1. The summed E-state index contributed by atoms with van der Waals surface area (Å²) in [6, 6.07) is 5.89. The van der Waals surface area contributed by atoms with Crippen molar-refractivity contribution in [2.45, 2.75) is 20.8 Å². The molecule has 2 aromatic rings. The summed E-state index contributed by atoms with van der Waals surface area (Å²) in [5, 5.41) is 3.25. The van der Waals surface area contributed by atoms with Gasteiger partial charge in [-0.05, 0) is 39.0 Å². The van der Waals surface area contributed by atoms with Gasteiger partial charge in [0.15, 0.2) is 0 Å². The van der Waals surface area contributed by atoms with E-state index in [4.69, 9.17) is 4.74 Å². The van der Waals surface area contributed by atoms with Crippen molar-refractivity contribution in [2.24, 2.45) is 5.41 Å². The lowest BCUT2D eigenvalue weighted by Crippen LogP contribution is -2.33. The first kappa shape index (κ1) is 13.4. The number of nitrogens with one attached hydrogen (secondary N) is 2. The fraction of sp³-hybridized carbons (Fsp3) is 0.429. The molecule has 1 aromatic heterocycles. The van der Waals surface area contributed by atoms with Gasteiger partial charge in [-0.2, -0.15) is 0 Å². The molecule has 0 saturated carbocycles. The van der Waals surface area contributed by atoms with Gasteiger partial charge in [-0.15, -0.1) is 0 Å². The Bertz CT molecular complexity index is 602. The topological polar surface area (TPSA) is 67.0 Å². The second-order valence-corrected chi connectivity index (χ2v) is 5.28. The van der Waals surface area contributed by atoms with Crippen molar-refractivity contribution >= 4 is 22.7 Å². The second kappa shape index (κ2) is 4.91. The van der Waals surface area contributed by atoms with Gasteiger partial charge in [-0.3, -0.25) is 4.79 Å². The monoisotopic (exact) mass is 261 g/mol. The van der Waals surface area contributed by atoms with Crippen molar-refractivity contribution in [1.82, 2.24) is 9.97 Å². The molecule has 0 aliphatic heterocycles. The van der Waals surface area contributed by atoms with Crippen molar-refractivity contribution in [3.05, 3.63) is 24.0 Å². The number of anilines is 1. The van der Waals surface area contributed by atoms with Gasteiger partial charge in [-0.25, -0.2) is 4.98 Å². The van der Waals surface area contributed by atoms with Crippen LogP contribution in [-0.2, 0) is 9.53 Å². The van der Waals surface area contributed by atoms with Gasteiger partial charge in [0.1, 0.15) is 5.82 Å². The number of carbonyl (C=O) groups is 1. The van der Waals surface area contributed by atoms with Crippen LogP contribution in [-0.4, -0.2) is 29.6 Å². The van der Waals surface area contributed by atoms with E-state index in [0.717, 1.165) is 22.5 Å². The molecule has 5 nitrogen and oxygen atoms in total. The molecule has 0 amide bonds. The van der Waals surface area contributed by atoms with E-state index >= 15 is 0 Å². The summed E-state index contributed by atoms with van der Waals surface area (Å²) in [6.45, 7) is 6.14. The number of carbonyl (C=O) groups excluding carboxylic acids is 1. The van der Waals surface area contributed by atoms with Crippen LogP contribution in [0.4, 0.5) is 5.69 Å². The van der Waals surface area contributed by atoms with Gasteiger partial charge in [0.05, 0.1) is 23.6 Å². The fourth-order valence-corrected chi connectivity index (χ4v) is 1.92. The molecule has 5 heteroatoms. The number of ether oxygens (including phenoxy) is 1. The Morgan fingerprint density at radius 1 is 1.47 bits per heavy atom. The number of aryl methyl sites for hydroxylation is 1. The lowest BCUT2D eigenvalue weighted by molar-refractivity contribution is -0.149. The Labute approximate surface area is 112 Å². The van der Waals surface area contributed by atoms with Crippen LogP contribution in [0.5, 0.6) is 0 Å². The molecule has 0 saturated heterocycles. The first-order valence-corrected chi connectivity index (χ1v) is 6.21. The van der Waals surface area contributed by atoms with Crippen LogP contribution in [0.3, 0.4) is 0 Å². The summed E-state index contributed by atoms with van der Waals surface area (Å²) < 4.78 is 4.78. The van der Waals surface area contributed by atoms with E-state index in [9.17, 15) is 4.79 Å². The standard InChI is InChI=1S/C14H19N3O2/c1-9-16-11-6-5-10(7-12(11)17-9)15-8-14(2,3)13(18)19-4/h5-7,15H,8H2,1-4H3,(H,16,17). The van der Waals surface area contributed by atoms with E-state index in [1.54, 1.807) is 0 Å². The Morgan fingerprint density at radius 2 is 2.21 bits per heavy atom. The molecular weight excluding hydrogens is 242 g/mol. The van der Waals surface area contributed by atoms with Crippen LogP contribution >= 0.6 is 0 Å². The van der Waals surface area contributed by atoms with Crippen LogP contribution < -0.4 is 5.32 Å². The lowest BCUT2D eigenvalue weighted by Gasteiger charge is -2.22. The molecule has 0 aliphatic rings. The molecule has 102 valence electrons. The third-order valence-corrected chi connectivity index (χ3v) is 3.07. The van der Waals surface area contributed by atoms with Gasteiger partial charge in [0.25, 0.3) is 0 Å². The molecule has 1 aromatic carbocycles. The van der Waals surface area contributed by atoms with Gasteiger partial charge in [0.2, 0.25) is 0 Å². The third kappa shape index (κ3) is 2.86. The molecular formula is C14H19N3O2. The first-order chi connectivity index (χ1) is 8.92. The quantitative estimate of drug-likeness (QED) is 0.830. The number of hydrogen-bond donors (Lipinski definition) is 2. The maximum absolute atomic E-state index is 11.6. The largest absolute Gasteiger partial charge is 0.469 e. The summed E-state index contributed by atoms with van der Waals surface area (Å²) in [5.41, 5.74) is 2.31. The number of fused-ring (bicyclic) bond motifs is 1. The average Bonchev–Trinajstić information content (AvgIpc) is 2.74. The number of benzene rings is 1. The molecule has 0 aliphatic carbocycles. The van der Waals surface area contributed by atoms with E-state index in [1.165, 1.54) is 7.11 Å². The molecule has 0 atom stereocenters. The van der Waals surface area contributed by atoms with Crippen LogP contribution in [0.15, 0.2) is 18.2 Å². The average molecular weight is 261 g/mol. The molecule has 0 bridgehead atoms. The summed E-state index contributed by atoms with van der Waals surface area (Å²) >= 11 is 0. The highest BCUT2D eigenvalue weighted by molar-refractivity contribution is 5.80. The van der Waals surface area contributed by atoms with Gasteiger partial charge in [-0.1, -0.05) is 0 Å². The first-order valence-electron chi connectivity index (χ1n) is 6.21. The minimum absolute atomic E-state index is 0.224. The molecule has 2 N–H and O–H groups in total. The third-order valence-electron chi connectivity index (χ3n) is 3.07. The molecule has 0 unspecified atom stereocenters. The van der Waals surface area contributed by atoms with Crippen molar-refractivity contribution in [3.63, 3.8) is 0 Å². The van der Waals surface area contributed by atoms with Crippen molar-refractivity contribution in [1.29, 1.82) is 0 Å². The Kier molecular flexibility index (Phi) is 3.46. The van der Waals surface area contributed by atoms with Gasteiger partial charge in [0, 0.05) is 12.2 Å². The van der Waals surface area contributed by atoms with E-state index < -0.39 is 5.41 Å². The number of esters is 1. The molecule has 19 heavy (non-hydrogen) atoms. The smallest absolute Gasteiger partial charge is 0.313 e. The zero-order valence-electron chi connectivity index (χ0n) is 11.7. The predicted molar refractivity (Wildman–Crippen MR) is 75.1 cm³/mol. The number of methoxy groups -OCH3 is 1. The number of rotatable bonds is 4. The van der Waals surface area contributed by atoms with Crippen LogP contribution in [0.1, 0.15) is 19.7 Å².